The van der Waals surface area contributed by atoms with Crippen molar-refractivity contribution >= 4 is 10.0 Å². The van der Waals surface area contributed by atoms with E-state index in [2.05, 4.69) is 14.9 Å². The fraction of sp³-hybridized carbons (Fsp3) is 0.222. The second-order valence-electron chi connectivity index (χ2n) is 5.43. The van der Waals surface area contributed by atoms with Crippen LogP contribution in [0.5, 0.6) is 5.75 Å². The summed E-state index contributed by atoms with van der Waals surface area (Å²) >= 11 is 0. The fourth-order valence-electron chi connectivity index (χ4n) is 2.32. The Morgan fingerprint density at radius 2 is 1.81 bits per heavy atom. The highest BCUT2D eigenvalue weighted by Gasteiger charge is 2.15. The minimum absolute atomic E-state index is 0.159. The van der Waals surface area contributed by atoms with E-state index in [1.54, 1.807) is 12.1 Å². The van der Waals surface area contributed by atoms with Crippen molar-refractivity contribution in [1.82, 2.24) is 14.9 Å². The molecule has 0 amide bonds. The number of ether oxygens (including phenoxy) is 1. The second-order valence-corrected chi connectivity index (χ2v) is 7.20. The maximum Gasteiger partial charge on any atom is 0.240 e. The van der Waals surface area contributed by atoms with E-state index < -0.39 is 10.0 Å². The molecule has 26 heavy (non-hydrogen) atoms. The maximum absolute atomic E-state index is 12.3. The molecule has 0 aliphatic rings. The molecule has 8 heteroatoms. The van der Waals surface area contributed by atoms with Crippen LogP contribution in [0.1, 0.15) is 12.8 Å². The molecular weight excluding hydrogens is 354 g/mol. The van der Waals surface area contributed by atoms with Crippen LogP contribution in [0.2, 0.25) is 0 Å². The molecule has 2 aromatic carbocycles. The first kappa shape index (κ1) is 18.1. The lowest BCUT2D eigenvalue weighted by molar-refractivity contribution is 0.340. The van der Waals surface area contributed by atoms with E-state index in [0.29, 0.717) is 30.5 Å². The van der Waals surface area contributed by atoms with Crippen molar-refractivity contribution in [1.29, 1.82) is 0 Å². The number of hydrogen-bond acceptors (Lipinski definition) is 6. The first-order chi connectivity index (χ1) is 12.6. The predicted octanol–water partition coefficient (Wildman–Crippen LogP) is 2.66. The van der Waals surface area contributed by atoms with Crippen LogP contribution < -0.4 is 9.46 Å². The third-order valence-corrected chi connectivity index (χ3v) is 5.05. The molecular formula is C18H19N3O4S. The Morgan fingerprint density at radius 3 is 2.50 bits per heavy atom. The van der Waals surface area contributed by atoms with Gasteiger partial charge in [-0.2, -0.15) is 4.98 Å². The molecule has 1 heterocycles. The van der Waals surface area contributed by atoms with Gasteiger partial charge in [0.1, 0.15) is 5.75 Å². The van der Waals surface area contributed by atoms with Gasteiger partial charge < -0.3 is 9.26 Å². The number of nitrogens with one attached hydrogen (secondary N) is 1. The van der Waals surface area contributed by atoms with Crippen molar-refractivity contribution in [2.75, 3.05) is 13.2 Å². The SMILES string of the molecule is CCOc1ccc(S(=O)(=O)NCCc2nc(-c3ccccc3)no2)cc1. The summed E-state index contributed by atoms with van der Waals surface area (Å²) < 4.78 is 37.6. The zero-order valence-electron chi connectivity index (χ0n) is 14.3. The first-order valence-corrected chi connectivity index (χ1v) is 9.67. The van der Waals surface area contributed by atoms with E-state index in [1.807, 2.05) is 37.3 Å². The predicted molar refractivity (Wildman–Crippen MR) is 96.2 cm³/mol. The van der Waals surface area contributed by atoms with Crippen LogP contribution >= 0.6 is 0 Å². The standard InChI is InChI=1S/C18H19N3O4S/c1-2-24-15-8-10-16(11-9-15)26(22,23)19-13-12-17-20-18(21-25-17)14-6-4-3-5-7-14/h3-11,19H,2,12-13H2,1H3. The van der Waals surface area contributed by atoms with E-state index in [1.165, 1.54) is 12.1 Å². The lowest BCUT2D eigenvalue weighted by Gasteiger charge is -2.07. The molecule has 136 valence electrons. The largest absolute Gasteiger partial charge is 0.494 e. The number of nitrogens with zero attached hydrogens (tertiary/aromatic N) is 2. The minimum Gasteiger partial charge on any atom is -0.494 e. The van der Waals surface area contributed by atoms with Crippen LogP contribution in [0.25, 0.3) is 11.4 Å². The number of sulfonamides is 1. The zero-order chi connectivity index (χ0) is 18.4. The van der Waals surface area contributed by atoms with Crippen LogP contribution in [-0.4, -0.2) is 31.7 Å². The Morgan fingerprint density at radius 1 is 1.08 bits per heavy atom. The lowest BCUT2D eigenvalue weighted by Crippen LogP contribution is -2.26. The van der Waals surface area contributed by atoms with Crippen LogP contribution in [0, 0.1) is 0 Å². The van der Waals surface area contributed by atoms with Crippen molar-refractivity contribution in [2.24, 2.45) is 0 Å². The Hall–Kier alpha value is -2.71. The van der Waals surface area contributed by atoms with Crippen molar-refractivity contribution < 1.29 is 17.7 Å². The third-order valence-electron chi connectivity index (χ3n) is 3.58. The molecule has 3 aromatic rings. The summed E-state index contributed by atoms with van der Waals surface area (Å²) in [5.74, 6) is 1.49. The van der Waals surface area contributed by atoms with Gasteiger partial charge in [0, 0.05) is 18.5 Å². The summed E-state index contributed by atoms with van der Waals surface area (Å²) in [4.78, 5) is 4.45. The summed E-state index contributed by atoms with van der Waals surface area (Å²) in [5.41, 5.74) is 0.845. The van der Waals surface area contributed by atoms with Crippen LogP contribution in [0.4, 0.5) is 0 Å². The molecule has 0 atom stereocenters. The molecule has 0 fully saturated rings. The molecule has 1 N–H and O–H groups in total. The van der Waals surface area contributed by atoms with Gasteiger partial charge in [-0.05, 0) is 31.2 Å². The van der Waals surface area contributed by atoms with Gasteiger partial charge in [-0.3, -0.25) is 0 Å². The zero-order valence-corrected chi connectivity index (χ0v) is 15.1. The van der Waals surface area contributed by atoms with Crippen molar-refractivity contribution in [2.45, 2.75) is 18.2 Å². The number of rotatable bonds is 8. The second kappa shape index (κ2) is 8.11. The summed E-state index contributed by atoms with van der Waals surface area (Å²) in [6.45, 7) is 2.55. The molecule has 7 nitrogen and oxygen atoms in total. The average molecular weight is 373 g/mol. The van der Waals surface area contributed by atoms with E-state index in [-0.39, 0.29) is 11.4 Å². The monoisotopic (exact) mass is 373 g/mol. The Labute approximate surface area is 152 Å². The van der Waals surface area contributed by atoms with Gasteiger partial charge in [0.15, 0.2) is 0 Å². The number of hydrogen-bond donors (Lipinski definition) is 1. The summed E-state index contributed by atoms with van der Waals surface area (Å²) in [6, 6.07) is 15.7. The van der Waals surface area contributed by atoms with E-state index >= 15 is 0 Å². The van der Waals surface area contributed by atoms with Crippen LogP contribution in [-0.2, 0) is 16.4 Å². The topological polar surface area (TPSA) is 94.3 Å². The molecule has 0 unspecified atom stereocenters. The lowest BCUT2D eigenvalue weighted by atomic mass is 10.2. The van der Waals surface area contributed by atoms with Crippen molar-refractivity contribution in [3.05, 3.63) is 60.5 Å². The Bertz CT molecular complexity index is 938. The third kappa shape index (κ3) is 4.47. The van der Waals surface area contributed by atoms with E-state index in [4.69, 9.17) is 9.26 Å². The molecule has 0 aliphatic heterocycles. The Kier molecular flexibility index (Phi) is 5.65. The number of aromatic nitrogens is 2. The fourth-order valence-corrected chi connectivity index (χ4v) is 3.35. The van der Waals surface area contributed by atoms with Gasteiger partial charge in [-0.15, -0.1) is 0 Å². The molecule has 0 saturated carbocycles. The van der Waals surface area contributed by atoms with Gasteiger partial charge in [-0.25, -0.2) is 13.1 Å². The molecule has 0 bridgehead atoms. The van der Waals surface area contributed by atoms with Gasteiger partial charge in [0.05, 0.1) is 11.5 Å². The molecule has 0 saturated heterocycles. The van der Waals surface area contributed by atoms with E-state index in [9.17, 15) is 8.42 Å². The maximum atomic E-state index is 12.3. The molecule has 0 aliphatic carbocycles. The molecule has 0 spiro atoms. The average Bonchev–Trinajstić information content (AvgIpc) is 3.12. The van der Waals surface area contributed by atoms with Gasteiger partial charge >= 0.3 is 0 Å². The molecule has 3 rings (SSSR count). The summed E-state index contributed by atoms with van der Waals surface area (Å²) in [7, 11) is -3.60. The van der Waals surface area contributed by atoms with Crippen LogP contribution in [0.3, 0.4) is 0 Å². The highest BCUT2D eigenvalue weighted by atomic mass is 32.2. The highest BCUT2D eigenvalue weighted by Crippen LogP contribution is 2.17. The quantitative estimate of drug-likeness (QED) is 0.652. The molecule has 1 aromatic heterocycles. The van der Waals surface area contributed by atoms with Gasteiger partial charge in [0.25, 0.3) is 0 Å². The van der Waals surface area contributed by atoms with Crippen molar-refractivity contribution in [3.63, 3.8) is 0 Å². The highest BCUT2D eigenvalue weighted by molar-refractivity contribution is 7.89. The van der Waals surface area contributed by atoms with Gasteiger partial charge in [0.2, 0.25) is 21.7 Å². The smallest absolute Gasteiger partial charge is 0.240 e. The first-order valence-electron chi connectivity index (χ1n) is 8.19. The minimum atomic E-state index is -3.60. The summed E-state index contributed by atoms with van der Waals surface area (Å²) in [6.07, 6.45) is 0.302. The van der Waals surface area contributed by atoms with Crippen molar-refractivity contribution in [3.8, 4) is 17.1 Å². The molecule has 0 radical (unpaired) electrons. The number of benzene rings is 2. The Balaban J connectivity index is 1.58. The van der Waals surface area contributed by atoms with Gasteiger partial charge in [-0.1, -0.05) is 35.5 Å². The van der Waals surface area contributed by atoms with Crippen LogP contribution in [0.15, 0.2) is 64.0 Å². The summed E-state index contributed by atoms with van der Waals surface area (Å²) in [5, 5.41) is 3.91. The van der Waals surface area contributed by atoms with E-state index in [0.717, 1.165) is 5.56 Å². The normalized spacial score (nSPS) is 11.4.